The van der Waals surface area contributed by atoms with Crippen LogP contribution in [0.2, 0.25) is 0 Å². The zero-order valence-electron chi connectivity index (χ0n) is 16.1. The number of carbonyl (C=O) groups excluding carboxylic acids is 1. The van der Waals surface area contributed by atoms with Crippen molar-refractivity contribution in [2.24, 2.45) is 0 Å². The topological polar surface area (TPSA) is 88.2 Å². The molecule has 0 spiro atoms. The Hall–Kier alpha value is -2.43. The summed E-state index contributed by atoms with van der Waals surface area (Å²) in [5.74, 6) is 0.744. The summed E-state index contributed by atoms with van der Waals surface area (Å²) in [5.41, 5.74) is 1.66. The number of halogens is 1. The Morgan fingerprint density at radius 2 is 1.93 bits per heavy atom. The van der Waals surface area contributed by atoms with E-state index >= 15 is 0 Å². The smallest absolute Gasteiger partial charge is 0.261 e. The normalized spacial score (nSPS) is 11.3. The average molecular weight is 466 g/mol. The van der Waals surface area contributed by atoms with Crippen LogP contribution in [0.25, 0.3) is 0 Å². The molecular formula is C20H20FN3O3S3. The predicted octanol–water partition coefficient (Wildman–Crippen LogP) is 4.65. The monoisotopic (exact) mass is 465 g/mol. The number of thioether (sulfide) groups is 1. The van der Waals surface area contributed by atoms with Gasteiger partial charge in [0.25, 0.3) is 10.0 Å². The highest BCUT2D eigenvalue weighted by molar-refractivity contribution is 7.98. The third-order valence-corrected chi connectivity index (χ3v) is 7.13. The Bertz CT molecular complexity index is 1120. The van der Waals surface area contributed by atoms with Crippen LogP contribution in [0.4, 0.5) is 15.8 Å². The van der Waals surface area contributed by atoms with Crippen molar-refractivity contribution in [3.63, 3.8) is 0 Å². The molecule has 1 amide bonds. The molecule has 3 rings (SSSR count). The first-order valence-electron chi connectivity index (χ1n) is 8.99. The second-order valence-electron chi connectivity index (χ2n) is 6.35. The Morgan fingerprint density at radius 1 is 1.17 bits per heavy atom. The molecule has 0 aliphatic rings. The standard InChI is InChI=1S/C20H20FN3O3S3/c1-14-22-18(13-29-14)12-28-10-9-20(25)23-16-5-7-19(8-6-16)30(26,27)24-17-4-2-3-15(21)11-17/h2-8,11,13,24H,9-10,12H2,1H3,(H,23,25). The Morgan fingerprint density at radius 3 is 2.60 bits per heavy atom. The van der Waals surface area contributed by atoms with E-state index in [4.69, 9.17) is 0 Å². The molecule has 3 aromatic rings. The Labute approximate surface area is 183 Å². The Kier molecular flexibility index (Phi) is 7.46. The van der Waals surface area contributed by atoms with Crippen molar-refractivity contribution in [2.75, 3.05) is 15.8 Å². The van der Waals surface area contributed by atoms with Crippen molar-refractivity contribution in [1.29, 1.82) is 0 Å². The first-order chi connectivity index (χ1) is 14.3. The summed E-state index contributed by atoms with van der Waals surface area (Å²) < 4.78 is 40.4. The summed E-state index contributed by atoms with van der Waals surface area (Å²) in [7, 11) is -3.86. The molecular weight excluding hydrogens is 445 g/mol. The lowest BCUT2D eigenvalue weighted by Gasteiger charge is -2.09. The number of aromatic nitrogens is 1. The molecule has 0 unspecified atom stereocenters. The van der Waals surface area contributed by atoms with Crippen molar-refractivity contribution >= 4 is 50.4 Å². The van der Waals surface area contributed by atoms with Gasteiger partial charge in [-0.05, 0) is 49.4 Å². The van der Waals surface area contributed by atoms with Gasteiger partial charge in [0.05, 0.1) is 21.3 Å². The molecule has 0 saturated heterocycles. The molecule has 0 aliphatic carbocycles. The maximum absolute atomic E-state index is 13.2. The zero-order chi connectivity index (χ0) is 21.6. The van der Waals surface area contributed by atoms with Gasteiger partial charge < -0.3 is 5.32 Å². The summed E-state index contributed by atoms with van der Waals surface area (Å²) in [4.78, 5) is 16.5. The summed E-state index contributed by atoms with van der Waals surface area (Å²) in [5, 5.41) is 5.79. The summed E-state index contributed by atoms with van der Waals surface area (Å²) in [6, 6.07) is 11.0. The number of benzene rings is 2. The third kappa shape index (κ3) is 6.54. The third-order valence-electron chi connectivity index (χ3n) is 3.92. The average Bonchev–Trinajstić information content (AvgIpc) is 3.10. The summed E-state index contributed by atoms with van der Waals surface area (Å²) >= 11 is 3.24. The maximum Gasteiger partial charge on any atom is 0.261 e. The molecule has 10 heteroatoms. The van der Waals surface area contributed by atoms with E-state index in [0.717, 1.165) is 22.5 Å². The van der Waals surface area contributed by atoms with Gasteiger partial charge in [0.2, 0.25) is 5.91 Å². The minimum atomic E-state index is -3.86. The molecule has 30 heavy (non-hydrogen) atoms. The van der Waals surface area contributed by atoms with E-state index in [2.05, 4.69) is 15.0 Å². The van der Waals surface area contributed by atoms with Gasteiger partial charge in [-0.25, -0.2) is 17.8 Å². The molecule has 0 saturated carbocycles. The molecule has 0 bridgehead atoms. The number of amides is 1. The van der Waals surface area contributed by atoms with E-state index in [9.17, 15) is 17.6 Å². The highest BCUT2D eigenvalue weighted by atomic mass is 32.2. The van der Waals surface area contributed by atoms with Crippen LogP contribution in [-0.2, 0) is 20.6 Å². The van der Waals surface area contributed by atoms with Gasteiger partial charge in [0.1, 0.15) is 5.82 Å². The lowest BCUT2D eigenvalue weighted by atomic mass is 10.3. The van der Waals surface area contributed by atoms with Crippen molar-refractivity contribution in [3.05, 3.63) is 70.4 Å². The molecule has 0 radical (unpaired) electrons. The van der Waals surface area contributed by atoms with E-state index in [1.165, 1.54) is 42.5 Å². The van der Waals surface area contributed by atoms with Crippen molar-refractivity contribution in [1.82, 2.24) is 4.98 Å². The molecule has 1 aromatic heterocycles. The van der Waals surface area contributed by atoms with Gasteiger partial charge in [0.15, 0.2) is 0 Å². The minimum Gasteiger partial charge on any atom is -0.326 e. The highest BCUT2D eigenvalue weighted by Crippen LogP contribution is 2.20. The molecule has 0 aliphatic heterocycles. The van der Waals surface area contributed by atoms with E-state index in [-0.39, 0.29) is 16.5 Å². The number of hydrogen-bond donors (Lipinski definition) is 2. The first kappa shape index (κ1) is 22.3. The number of hydrogen-bond acceptors (Lipinski definition) is 6. The van der Waals surface area contributed by atoms with Crippen LogP contribution in [0.5, 0.6) is 0 Å². The highest BCUT2D eigenvalue weighted by Gasteiger charge is 2.14. The van der Waals surface area contributed by atoms with Gasteiger partial charge in [-0.1, -0.05) is 6.07 Å². The quantitative estimate of drug-likeness (QED) is 0.449. The van der Waals surface area contributed by atoms with Crippen LogP contribution < -0.4 is 10.0 Å². The number of thiazole rings is 1. The summed E-state index contributed by atoms with van der Waals surface area (Å²) in [6.07, 6.45) is 0.342. The van der Waals surface area contributed by atoms with Crippen LogP contribution >= 0.6 is 23.1 Å². The number of anilines is 2. The van der Waals surface area contributed by atoms with Gasteiger partial charge in [-0.3, -0.25) is 9.52 Å². The lowest BCUT2D eigenvalue weighted by Crippen LogP contribution is -2.14. The molecule has 1 heterocycles. The van der Waals surface area contributed by atoms with Crippen LogP contribution in [-0.4, -0.2) is 25.1 Å². The fourth-order valence-electron chi connectivity index (χ4n) is 2.52. The Balaban J connectivity index is 1.49. The van der Waals surface area contributed by atoms with Crippen LogP contribution in [0.15, 0.2) is 58.8 Å². The fourth-order valence-corrected chi connectivity index (χ4v) is 5.12. The number of sulfonamides is 1. The zero-order valence-corrected chi connectivity index (χ0v) is 18.5. The molecule has 158 valence electrons. The van der Waals surface area contributed by atoms with Crippen LogP contribution in [0.3, 0.4) is 0 Å². The largest absolute Gasteiger partial charge is 0.326 e. The lowest BCUT2D eigenvalue weighted by molar-refractivity contribution is -0.115. The molecule has 0 atom stereocenters. The van der Waals surface area contributed by atoms with Gasteiger partial charge in [0, 0.05) is 29.0 Å². The molecule has 6 nitrogen and oxygen atoms in total. The van der Waals surface area contributed by atoms with E-state index < -0.39 is 15.8 Å². The number of nitrogens with one attached hydrogen (secondary N) is 2. The maximum atomic E-state index is 13.2. The second kappa shape index (κ2) is 10.1. The number of rotatable bonds is 9. The van der Waals surface area contributed by atoms with E-state index in [0.29, 0.717) is 17.9 Å². The van der Waals surface area contributed by atoms with Gasteiger partial charge in [-0.2, -0.15) is 11.8 Å². The van der Waals surface area contributed by atoms with E-state index in [1.54, 1.807) is 23.1 Å². The van der Waals surface area contributed by atoms with Crippen LogP contribution in [0.1, 0.15) is 17.1 Å². The van der Waals surface area contributed by atoms with Crippen molar-refractivity contribution in [2.45, 2.75) is 24.0 Å². The second-order valence-corrected chi connectivity index (χ2v) is 10.2. The SMILES string of the molecule is Cc1nc(CSCCC(=O)Nc2ccc(S(=O)(=O)Nc3cccc(F)c3)cc2)cs1. The van der Waals surface area contributed by atoms with Crippen molar-refractivity contribution in [3.8, 4) is 0 Å². The van der Waals surface area contributed by atoms with Crippen molar-refractivity contribution < 1.29 is 17.6 Å². The first-order valence-corrected chi connectivity index (χ1v) is 12.5. The fraction of sp³-hybridized carbons (Fsp3) is 0.200. The van der Waals surface area contributed by atoms with Gasteiger partial charge >= 0.3 is 0 Å². The number of aryl methyl sites for hydroxylation is 1. The molecule has 0 fully saturated rings. The predicted molar refractivity (Wildman–Crippen MR) is 120 cm³/mol. The molecule has 2 N–H and O–H groups in total. The minimum absolute atomic E-state index is 0.0128. The summed E-state index contributed by atoms with van der Waals surface area (Å²) in [6.45, 7) is 1.96. The number of nitrogens with zero attached hydrogens (tertiary/aromatic N) is 1. The molecule has 2 aromatic carbocycles. The van der Waals surface area contributed by atoms with E-state index in [1.807, 2.05) is 12.3 Å². The van der Waals surface area contributed by atoms with Gasteiger partial charge in [-0.15, -0.1) is 11.3 Å². The number of carbonyl (C=O) groups is 1. The van der Waals surface area contributed by atoms with Crippen LogP contribution in [0, 0.1) is 12.7 Å².